The molecule has 0 aromatic heterocycles. The van der Waals surface area contributed by atoms with E-state index in [0.29, 0.717) is 0 Å². The van der Waals surface area contributed by atoms with Gasteiger partial charge in [-0.1, -0.05) is 55.1 Å². The van der Waals surface area contributed by atoms with Crippen LogP contribution in [0.2, 0.25) is 0 Å². The van der Waals surface area contributed by atoms with E-state index in [-0.39, 0.29) is 0 Å². The summed E-state index contributed by atoms with van der Waals surface area (Å²) < 4.78 is 0. The van der Waals surface area contributed by atoms with Crippen molar-refractivity contribution in [3.05, 3.63) is 48.0 Å². The van der Waals surface area contributed by atoms with Gasteiger partial charge in [0.25, 0.3) is 0 Å². The van der Waals surface area contributed by atoms with Crippen LogP contribution in [-0.2, 0) is 6.42 Å². The fourth-order valence-electron chi connectivity index (χ4n) is 1.37. The maximum Gasteiger partial charge on any atom is 0.00715 e. The Morgan fingerprint density at radius 1 is 1.00 bits per heavy atom. The number of aryl methyl sites for hydroxylation is 1. The first kappa shape index (κ1) is 11.4. The molecule has 0 bridgehead atoms. The largest absolute Gasteiger partial charge is 0.0938 e. The Kier molecular flexibility index (Phi) is 6.25. The van der Waals surface area contributed by atoms with Crippen molar-refractivity contribution in [3.8, 4) is 0 Å². The molecule has 0 aliphatic heterocycles. The summed E-state index contributed by atoms with van der Waals surface area (Å²) in [5.41, 5.74) is 1.43. The normalized spacial score (nSPS) is 10.9. The van der Waals surface area contributed by atoms with Crippen LogP contribution in [-0.4, -0.2) is 5.75 Å². The molecule has 0 aliphatic rings. The molecule has 1 heteroatoms. The lowest BCUT2D eigenvalue weighted by Crippen LogP contribution is -1.82. The second-order valence-corrected chi connectivity index (χ2v) is 3.75. The number of hydrogen-bond donors (Lipinski definition) is 0. The van der Waals surface area contributed by atoms with Gasteiger partial charge in [-0.3, -0.25) is 0 Å². The molecule has 1 aromatic rings. The van der Waals surface area contributed by atoms with Crippen molar-refractivity contribution in [1.29, 1.82) is 0 Å². The first-order chi connectivity index (χ1) is 6.93. The van der Waals surface area contributed by atoms with E-state index in [4.69, 9.17) is 12.6 Å². The van der Waals surface area contributed by atoms with Crippen molar-refractivity contribution >= 4 is 12.6 Å². The third-order valence-corrected chi connectivity index (χ3v) is 2.37. The number of hydrogen-bond acceptors (Lipinski definition) is 0. The van der Waals surface area contributed by atoms with Crippen molar-refractivity contribution in [1.82, 2.24) is 0 Å². The van der Waals surface area contributed by atoms with Crippen LogP contribution in [0.25, 0.3) is 0 Å². The zero-order chi connectivity index (χ0) is 10.1. The molecule has 0 unspecified atom stereocenters. The zero-order valence-corrected chi connectivity index (χ0v) is 9.30. The smallest absolute Gasteiger partial charge is 0.00715 e. The summed E-state index contributed by atoms with van der Waals surface area (Å²) in [6.07, 6.45) is 9.06. The Morgan fingerprint density at radius 3 is 2.43 bits per heavy atom. The van der Waals surface area contributed by atoms with E-state index >= 15 is 0 Å². The van der Waals surface area contributed by atoms with Gasteiger partial charge < -0.3 is 0 Å². The molecule has 0 atom stereocenters. The molecule has 0 fully saturated rings. The molecule has 0 nitrogen and oxygen atoms in total. The Bertz CT molecular complexity index is 251. The summed E-state index contributed by atoms with van der Waals surface area (Å²) >= 11 is 4.86. The van der Waals surface area contributed by atoms with Crippen molar-refractivity contribution < 1.29 is 0 Å². The van der Waals surface area contributed by atoms with Crippen LogP contribution < -0.4 is 0 Å². The Balaban J connectivity index is 2.10. The average Bonchev–Trinajstić information content (AvgIpc) is 2.25. The van der Waals surface area contributed by atoms with Crippen LogP contribution >= 0.6 is 12.6 Å². The van der Waals surface area contributed by atoms with E-state index in [9.17, 15) is 0 Å². The lowest BCUT2D eigenvalue weighted by Gasteiger charge is -1.97. The van der Waals surface area contributed by atoms with Gasteiger partial charge in [0.2, 0.25) is 0 Å². The topological polar surface area (TPSA) is 0 Å². The highest BCUT2D eigenvalue weighted by molar-refractivity contribution is 7.80. The number of rotatable bonds is 6. The summed E-state index contributed by atoms with van der Waals surface area (Å²) in [5.74, 6) is 0.842. The predicted molar refractivity (Wildman–Crippen MR) is 65.6 cm³/mol. The highest BCUT2D eigenvalue weighted by Crippen LogP contribution is 2.04. The monoisotopic (exact) mass is 205 g/mol. The van der Waals surface area contributed by atoms with Crippen LogP contribution in [0, 0.1) is 0 Å². The maximum atomic E-state index is 4.86. The summed E-state index contributed by atoms with van der Waals surface area (Å²) in [6, 6.07) is 10.6. The second kappa shape index (κ2) is 7.69. The highest BCUT2D eigenvalue weighted by atomic mass is 32.1. The number of unbranched alkanes of at least 4 members (excludes halogenated alkanes) is 1. The Hall–Kier alpha value is -0.690. The summed E-state index contributed by atoms with van der Waals surface area (Å²) in [7, 11) is 0. The first-order valence-corrected chi connectivity index (χ1v) is 5.78. The van der Waals surface area contributed by atoms with Crippen LogP contribution in [0.1, 0.15) is 24.8 Å². The Labute approximate surface area is 92.5 Å². The molecule has 0 spiro atoms. The molecule has 0 saturated heterocycles. The zero-order valence-electron chi connectivity index (χ0n) is 8.49. The minimum atomic E-state index is 0.842. The Morgan fingerprint density at radius 2 is 1.71 bits per heavy atom. The quantitative estimate of drug-likeness (QED) is 0.483. The van der Waals surface area contributed by atoms with E-state index in [0.717, 1.165) is 12.2 Å². The first-order valence-electron chi connectivity index (χ1n) is 5.20. The van der Waals surface area contributed by atoms with E-state index in [2.05, 4.69) is 42.5 Å². The lowest BCUT2D eigenvalue weighted by molar-refractivity contribution is 0.840. The minimum absolute atomic E-state index is 0.842. The number of benzene rings is 1. The molecule has 75 valence electrons. The van der Waals surface area contributed by atoms with Gasteiger partial charge in [-0.25, -0.2) is 0 Å². The SMILES string of the molecule is [S]CCC=CCCCc1ccccc1. The predicted octanol–water partition coefficient (Wildman–Crippen LogP) is 4.15. The molecule has 0 amide bonds. The fraction of sp³-hybridized carbons (Fsp3) is 0.385. The molecular formula is C13H17S. The molecule has 0 N–H and O–H groups in total. The lowest BCUT2D eigenvalue weighted by atomic mass is 10.1. The van der Waals surface area contributed by atoms with Crippen molar-refractivity contribution in [2.75, 3.05) is 5.75 Å². The second-order valence-electron chi connectivity index (χ2n) is 3.34. The molecule has 0 saturated carbocycles. The molecule has 1 rings (SSSR count). The standard InChI is InChI=1S/C13H17S/c14-12-8-3-1-2-5-9-13-10-6-4-7-11-13/h1,3-4,6-7,10-11H,2,5,8-9,12H2. The van der Waals surface area contributed by atoms with Crippen molar-refractivity contribution in [3.63, 3.8) is 0 Å². The van der Waals surface area contributed by atoms with Gasteiger partial charge in [0.1, 0.15) is 0 Å². The van der Waals surface area contributed by atoms with E-state index in [1.807, 2.05) is 0 Å². The summed E-state index contributed by atoms with van der Waals surface area (Å²) in [4.78, 5) is 0. The van der Waals surface area contributed by atoms with Gasteiger partial charge in [-0.2, -0.15) is 0 Å². The maximum absolute atomic E-state index is 4.86. The van der Waals surface area contributed by atoms with E-state index in [1.54, 1.807) is 0 Å². The molecule has 1 aromatic carbocycles. The van der Waals surface area contributed by atoms with Crippen LogP contribution in [0.4, 0.5) is 0 Å². The van der Waals surface area contributed by atoms with Gasteiger partial charge in [-0.05, 0) is 31.2 Å². The third-order valence-electron chi connectivity index (χ3n) is 2.13. The average molecular weight is 205 g/mol. The molecule has 1 radical (unpaired) electrons. The van der Waals surface area contributed by atoms with Crippen molar-refractivity contribution in [2.24, 2.45) is 0 Å². The molecular weight excluding hydrogens is 188 g/mol. The van der Waals surface area contributed by atoms with Gasteiger partial charge in [0.05, 0.1) is 0 Å². The van der Waals surface area contributed by atoms with E-state index < -0.39 is 0 Å². The molecule has 0 heterocycles. The van der Waals surface area contributed by atoms with Crippen molar-refractivity contribution in [2.45, 2.75) is 25.7 Å². The summed E-state index contributed by atoms with van der Waals surface area (Å²) in [5, 5.41) is 0. The van der Waals surface area contributed by atoms with Gasteiger partial charge in [-0.15, -0.1) is 0 Å². The van der Waals surface area contributed by atoms with Crippen LogP contribution in [0.3, 0.4) is 0 Å². The minimum Gasteiger partial charge on any atom is -0.0938 e. The molecule has 14 heavy (non-hydrogen) atoms. The van der Waals surface area contributed by atoms with Crippen LogP contribution in [0.5, 0.6) is 0 Å². The van der Waals surface area contributed by atoms with Gasteiger partial charge in [0.15, 0.2) is 0 Å². The summed E-state index contributed by atoms with van der Waals surface area (Å²) in [6.45, 7) is 0. The van der Waals surface area contributed by atoms with Gasteiger partial charge >= 0.3 is 0 Å². The fourth-order valence-corrected chi connectivity index (χ4v) is 1.51. The van der Waals surface area contributed by atoms with Gasteiger partial charge in [0, 0.05) is 5.75 Å². The molecule has 0 aliphatic carbocycles. The third kappa shape index (κ3) is 5.13. The van der Waals surface area contributed by atoms with E-state index in [1.165, 1.54) is 24.8 Å². The van der Waals surface area contributed by atoms with Crippen LogP contribution in [0.15, 0.2) is 42.5 Å². The number of allylic oxidation sites excluding steroid dienone is 2. The highest BCUT2D eigenvalue weighted by Gasteiger charge is 1.89.